The summed E-state index contributed by atoms with van der Waals surface area (Å²) in [4.78, 5) is 0. The van der Waals surface area contributed by atoms with E-state index in [1.54, 1.807) is 0 Å². The second-order valence-corrected chi connectivity index (χ2v) is 41.7. The maximum atomic E-state index is 2.42. The van der Waals surface area contributed by atoms with Gasteiger partial charge in [0, 0.05) is 30.7 Å². The van der Waals surface area contributed by atoms with Crippen molar-refractivity contribution in [3.8, 4) is 0 Å². The Kier molecular flexibility index (Phi) is 34.1. The Bertz CT molecular complexity index is 286. The molecule has 0 atom stereocenters. The van der Waals surface area contributed by atoms with E-state index >= 15 is 0 Å². The number of hydrogen-bond acceptors (Lipinski definition) is 0. The molecule has 0 fully saturated rings. The Morgan fingerprint density at radius 1 is 0.242 bits per heavy atom. The molecule has 0 saturated carbocycles. The molecule has 0 rings (SSSR count). The van der Waals surface area contributed by atoms with Crippen molar-refractivity contribution in [1.82, 2.24) is 0 Å². The Labute approximate surface area is 256 Å². The van der Waals surface area contributed by atoms with Crippen LogP contribution in [0.2, 0.25) is 40.2 Å². The van der Waals surface area contributed by atoms with Gasteiger partial charge in [-0.3, -0.25) is 0 Å². The van der Waals surface area contributed by atoms with Gasteiger partial charge in [0.05, 0.1) is 0 Å². The van der Waals surface area contributed by atoms with Crippen LogP contribution < -0.4 is 0 Å². The summed E-state index contributed by atoms with van der Waals surface area (Å²) in [6.07, 6.45) is 0. The maximum Gasteiger partial charge on any atom is 0.0108 e. The van der Waals surface area contributed by atoms with E-state index in [0.29, 0.717) is 20.6 Å². The van der Waals surface area contributed by atoms with E-state index in [1.165, 1.54) is 0 Å². The van der Waals surface area contributed by atoms with E-state index < -0.39 is 0 Å². The van der Waals surface area contributed by atoms with Crippen LogP contribution in [0.5, 0.6) is 0 Å². The second-order valence-electron chi connectivity index (χ2n) is 13.9. The molecule has 0 aromatic carbocycles. The fraction of sp³-hybridized carbons (Fsp3) is 1.00. The molecule has 0 spiro atoms. The Morgan fingerprint density at radius 3 is 0.303 bits per heavy atom. The molecule has 0 aromatic heterocycles. The van der Waals surface area contributed by atoms with Gasteiger partial charge in [0.1, 0.15) is 0 Å². The molecule has 0 N–H and O–H groups in total. The van der Waals surface area contributed by atoms with E-state index in [-0.39, 0.29) is 63.4 Å². The van der Waals surface area contributed by atoms with E-state index in [1.807, 2.05) is 19.6 Å². The summed E-state index contributed by atoms with van der Waals surface area (Å²) in [6, 6.07) is 0. The van der Waals surface area contributed by atoms with Crippen LogP contribution in [-0.4, -0.2) is 94.2 Å². The fourth-order valence-corrected chi connectivity index (χ4v) is 22.6. The van der Waals surface area contributed by atoms with Crippen molar-refractivity contribution >= 4 is 94.2 Å². The summed E-state index contributed by atoms with van der Waals surface area (Å²) >= 11 is -0.545. The molecule has 12 radical (unpaired) electrons. The van der Waals surface area contributed by atoms with Crippen LogP contribution >= 0.6 is 0 Å². The van der Waals surface area contributed by atoms with Crippen LogP contribution in [0.25, 0.3) is 0 Å². The first-order valence-electron chi connectivity index (χ1n) is 12.2. The van der Waals surface area contributed by atoms with E-state index in [2.05, 4.69) is 155 Å². The molecule has 198 valence electrons. The summed E-state index contributed by atoms with van der Waals surface area (Å²) in [5.41, 5.74) is 0. The molecular formula is C27H66Si3Sn3. The largest absolute Gasteiger partial charge is 0.0765 e. The van der Waals surface area contributed by atoms with E-state index in [9.17, 15) is 0 Å². The Hall–Kier alpha value is 3.05. The first-order valence-corrected chi connectivity index (χ1v) is 24.3. The molecule has 33 heavy (non-hydrogen) atoms. The van der Waals surface area contributed by atoms with E-state index in [4.69, 9.17) is 0 Å². The third-order valence-electron chi connectivity index (χ3n) is 2.25. The van der Waals surface area contributed by atoms with Gasteiger partial charge in [-0.05, 0) is 0 Å². The van der Waals surface area contributed by atoms with Gasteiger partial charge < -0.3 is 0 Å². The molecule has 0 aliphatic carbocycles. The molecule has 6 heteroatoms. The van der Waals surface area contributed by atoms with Gasteiger partial charge in [0.2, 0.25) is 0 Å². The fourth-order valence-electron chi connectivity index (χ4n) is 3.38. The zero-order valence-corrected chi connectivity index (χ0v) is 39.3. The third kappa shape index (κ3) is 86.4. The van der Waals surface area contributed by atoms with Crippen molar-refractivity contribution < 1.29 is 0 Å². The summed E-state index contributed by atoms with van der Waals surface area (Å²) in [5, 5.41) is 0. The summed E-state index contributed by atoms with van der Waals surface area (Å²) in [7, 11) is 7.25. The van der Waals surface area contributed by atoms with Gasteiger partial charge in [0.15, 0.2) is 0 Å². The van der Waals surface area contributed by atoms with Crippen LogP contribution in [0.15, 0.2) is 0 Å². The second kappa shape index (κ2) is 23.0. The molecule has 0 aliphatic heterocycles. The monoisotopic (exact) mass is 834 g/mol. The molecule has 0 aliphatic rings. The molecule has 0 aromatic rings. The van der Waals surface area contributed by atoms with Crippen LogP contribution in [0.1, 0.15) is 125 Å². The Balaban J connectivity index is -0.0000000740. The van der Waals surface area contributed by atoms with Gasteiger partial charge in [-0.2, -0.15) is 0 Å². The smallest absolute Gasteiger partial charge is 0.0108 e. The average molecular weight is 831 g/mol. The molecule has 0 amide bonds. The van der Waals surface area contributed by atoms with Crippen LogP contribution in [0.3, 0.4) is 0 Å². The first kappa shape index (κ1) is 49.0. The maximum absolute atomic E-state index is 2.42. The molecule has 0 nitrogen and oxygen atoms in total. The van der Waals surface area contributed by atoms with Crippen molar-refractivity contribution in [3.63, 3.8) is 0 Å². The van der Waals surface area contributed by atoms with Gasteiger partial charge in [0.25, 0.3) is 0 Å². The standard InChI is InChI=1S/6C4H9.3CH4Si.3Sn/c6*1-4(2)3;3*1-2;;;/h6*1-3H3;3*2H,1H3;;;. The summed E-state index contributed by atoms with van der Waals surface area (Å²) < 4.78 is 3.93. The predicted molar refractivity (Wildman–Crippen MR) is 175 cm³/mol. The normalized spacial score (nSPS) is 12.0. The summed E-state index contributed by atoms with van der Waals surface area (Å²) in [6.45, 7) is 48.3. The van der Waals surface area contributed by atoms with Crippen molar-refractivity contribution in [2.24, 2.45) is 0 Å². The van der Waals surface area contributed by atoms with Crippen LogP contribution in [-0.2, 0) is 0 Å². The SMILES string of the molecule is C[C](C)(C)[Sn][C](C)(C)C.C[C](C)(C)[Sn][C](C)(C)C.C[C](C)(C)[Sn][C](C)(C)C.C[SiH].C[SiH].C[SiH]. The van der Waals surface area contributed by atoms with Crippen molar-refractivity contribution in [3.05, 3.63) is 0 Å². The van der Waals surface area contributed by atoms with Crippen LogP contribution in [0, 0.1) is 0 Å². The van der Waals surface area contributed by atoms with Crippen LogP contribution in [0.4, 0.5) is 0 Å². The average Bonchev–Trinajstić information content (AvgIpc) is 2.43. The molecule has 0 heterocycles. The predicted octanol–water partition coefficient (Wildman–Crippen LogP) is 9.19. The van der Waals surface area contributed by atoms with Crippen molar-refractivity contribution in [2.75, 3.05) is 0 Å². The molecule has 0 saturated heterocycles. The molecule has 0 bridgehead atoms. The number of hydrogen-bond donors (Lipinski definition) is 0. The zero-order valence-electron chi connectivity index (χ0n) is 27.2. The minimum Gasteiger partial charge on any atom is -0.0765 e. The van der Waals surface area contributed by atoms with Crippen molar-refractivity contribution in [1.29, 1.82) is 0 Å². The van der Waals surface area contributed by atoms with Gasteiger partial charge in [-0.1, -0.05) is 19.6 Å². The van der Waals surface area contributed by atoms with E-state index in [0.717, 1.165) is 0 Å². The molecule has 0 unspecified atom stereocenters. The van der Waals surface area contributed by atoms with Gasteiger partial charge in [-0.15, -0.1) is 0 Å². The quantitative estimate of drug-likeness (QED) is 0.214. The first-order chi connectivity index (χ1) is 14.1. The minimum atomic E-state index is -0.182. The molecular weight excluding hydrogens is 765 g/mol. The third-order valence-corrected chi connectivity index (χ3v) is 15.1. The van der Waals surface area contributed by atoms with Gasteiger partial charge in [-0.25, -0.2) is 0 Å². The topological polar surface area (TPSA) is 0 Å². The van der Waals surface area contributed by atoms with Crippen molar-refractivity contribution in [2.45, 2.75) is 165 Å². The minimum absolute atomic E-state index is 0.182. The summed E-state index contributed by atoms with van der Waals surface area (Å²) in [5.74, 6) is 0. The Morgan fingerprint density at radius 2 is 0.303 bits per heavy atom. The zero-order chi connectivity index (χ0) is 29.1. The number of rotatable bonds is 0. The van der Waals surface area contributed by atoms with Gasteiger partial charge >= 0.3 is 209 Å².